The van der Waals surface area contributed by atoms with Gasteiger partial charge in [0.25, 0.3) is 5.91 Å². The Morgan fingerprint density at radius 2 is 2.00 bits per heavy atom. The minimum absolute atomic E-state index is 0.0560. The van der Waals surface area contributed by atoms with Crippen LogP contribution in [0.4, 0.5) is 21.7 Å². The first kappa shape index (κ1) is 31.0. The number of benzene rings is 2. The number of aliphatic hydroxyl groups is 1. The number of halogens is 1. The van der Waals surface area contributed by atoms with Gasteiger partial charge in [-0.15, -0.1) is 0 Å². The molecule has 6 rings (SSSR count). The summed E-state index contributed by atoms with van der Waals surface area (Å²) in [5.74, 6) is 0.248. The molecule has 13 nitrogen and oxygen atoms in total. The molecule has 0 radical (unpaired) electrons. The number of hydrogen-bond donors (Lipinski definition) is 2. The van der Waals surface area contributed by atoms with E-state index in [2.05, 4.69) is 37.8 Å². The Bertz CT molecular complexity index is 1650. The Balaban J connectivity index is 1.08. The van der Waals surface area contributed by atoms with Crippen molar-refractivity contribution in [2.75, 3.05) is 56.2 Å². The number of nitriles is 1. The maximum atomic E-state index is 14.9. The van der Waals surface area contributed by atoms with Gasteiger partial charge in [-0.3, -0.25) is 14.5 Å². The monoisotopic (exact) mass is 628 g/mol. The molecule has 46 heavy (non-hydrogen) atoms. The third kappa shape index (κ3) is 6.66. The largest absolute Gasteiger partial charge is 0.486 e. The van der Waals surface area contributed by atoms with Crippen molar-refractivity contribution >= 4 is 29.1 Å². The number of hydrogen-bond acceptors (Lipinski definition) is 11. The van der Waals surface area contributed by atoms with E-state index < -0.39 is 24.3 Å². The van der Waals surface area contributed by atoms with Crippen molar-refractivity contribution in [2.45, 2.75) is 30.8 Å². The number of piperidine rings is 1. The highest BCUT2D eigenvalue weighted by atomic mass is 19.1. The van der Waals surface area contributed by atoms with Crippen LogP contribution in [0.3, 0.4) is 0 Å². The smallest absolute Gasteiger partial charge is 0.255 e. The van der Waals surface area contributed by atoms with Gasteiger partial charge in [0.15, 0.2) is 18.1 Å². The SMILES string of the molecule is C=C[C@H](O)C(=O)N1CC[C@H](Oc2ccc(-c3ncnc(Nc4ccc(N5CCN(C6COC6)CC5=O)cc4)n3)cc2C#N)[C@H](F)C1. The molecule has 3 fully saturated rings. The van der Waals surface area contributed by atoms with Crippen LogP contribution in [0.5, 0.6) is 5.75 Å². The predicted molar refractivity (Wildman–Crippen MR) is 165 cm³/mol. The Hall–Kier alpha value is -4.97. The number of nitrogens with one attached hydrogen (secondary N) is 1. The Labute approximate surface area is 264 Å². The minimum Gasteiger partial charge on any atom is -0.486 e. The van der Waals surface area contributed by atoms with E-state index in [1.165, 1.54) is 11.2 Å². The van der Waals surface area contributed by atoms with Crippen molar-refractivity contribution in [3.05, 3.63) is 67.0 Å². The third-order valence-corrected chi connectivity index (χ3v) is 8.30. The number of ether oxygens (including phenoxy) is 2. The van der Waals surface area contributed by atoms with Crippen molar-refractivity contribution in [3.8, 4) is 23.2 Å². The van der Waals surface area contributed by atoms with Crippen LogP contribution in [-0.2, 0) is 14.3 Å². The van der Waals surface area contributed by atoms with Crippen molar-refractivity contribution in [3.63, 3.8) is 0 Å². The van der Waals surface area contributed by atoms with Gasteiger partial charge < -0.3 is 29.7 Å². The number of carbonyl (C=O) groups is 2. The summed E-state index contributed by atoms with van der Waals surface area (Å²) >= 11 is 0. The van der Waals surface area contributed by atoms with E-state index in [1.807, 2.05) is 24.3 Å². The quantitative estimate of drug-likeness (QED) is 0.335. The number of carbonyl (C=O) groups excluding carboxylic acids is 2. The van der Waals surface area contributed by atoms with Gasteiger partial charge in [-0.25, -0.2) is 14.4 Å². The Morgan fingerprint density at radius 3 is 2.67 bits per heavy atom. The summed E-state index contributed by atoms with van der Waals surface area (Å²) in [4.78, 5) is 43.1. The standard InChI is InChI=1S/C32H33FN8O5/c1-2-26(42)31(44)40-10-9-28(25(33)15-40)46-27-8-3-20(13-21(27)14-34)30-35-19-36-32(38-30)37-22-4-6-23(7-5-22)41-12-11-39(16-29(41)43)24-17-45-18-24/h2-8,13,19,24-26,28,42H,1,9-12,15-18H2,(H,35,36,37,38)/t25-,26+,28+/m1/s1. The Morgan fingerprint density at radius 1 is 1.20 bits per heavy atom. The van der Waals surface area contributed by atoms with Crippen LogP contribution in [0.1, 0.15) is 12.0 Å². The van der Waals surface area contributed by atoms with Gasteiger partial charge >= 0.3 is 0 Å². The molecule has 14 heteroatoms. The summed E-state index contributed by atoms with van der Waals surface area (Å²) in [6.07, 6.45) is -1.12. The number of likely N-dealkylation sites (tertiary alicyclic amines) is 1. The van der Waals surface area contributed by atoms with Crippen molar-refractivity contribution in [2.24, 2.45) is 0 Å². The molecule has 1 aromatic heterocycles. The molecule has 4 heterocycles. The first-order valence-electron chi connectivity index (χ1n) is 15.0. The molecule has 0 aliphatic carbocycles. The lowest BCUT2D eigenvalue weighted by Crippen LogP contribution is -2.58. The van der Waals surface area contributed by atoms with Crippen LogP contribution in [-0.4, -0.2) is 112 Å². The summed E-state index contributed by atoms with van der Waals surface area (Å²) < 4.78 is 26.1. The number of nitrogens with zero attached hydrogens (tertiary/aromatic N) is 7. The van der Waals surface area contributed by atoms with Gasteiger partial charge in [-0.05, 0) is 42.5 Å². The molecule has 238 valence electrons. The molecule has 3 aliphatic heterocycles. The maximum absolute atomic E-state index is 14.9. The summed E-state index contributed by atoms with van der Waals surface area (Å²) in [7, 11) is 0. The van der Waals surface area contributed by atoms with Gasteiger partial charge in [-0.2, -0.15) is 10.2 Å². The molecule has 3 saturated heterocycles. The van der Waals surface area contributed by atoms with Gasteiger partial charge in [0, 0.05) is 43.0 Å². The molecule has 0 unspecified atom stereocenters. The van der Waals surface area contributed by atoms with Gasteiger partial charge in [0.1, 0.15) is 24.3 Å². The maximum Gasteiger partial charge on any atom is 0.255 e. The molecule has 2 amide bonds. The number of aliphatic hydroxyl groups excluding tert-OH is 1. The number of piperazine rings is 1. The zero-order valence-corrected chi connectivity index (χ0v) is 25.0. The molecule has 2 N–H and O–H groups in total. The molecule has 0 saturated carbocycles. The van der Waals surface area contributed by atoms with E-state index in [4.69, 9.17) is 9.47 Å². The Kier molecular flexibility index (Phi) is 9.16. The second kappa shape index (κ2) is 13.6. The fraction of sp³-hybridized carbons (Fsp3) is 0.375. The molecule has 3 aromatic rings. The van der Waals surface area contributed by atoms with Crippen LogP contribution < -0.4 is 15.0 Å². The van der Waals surface area contributed by atoms with Gasteiger partial charge in [0.2, 0.25) is 11.9 Å². The lowest BCUT2D eigenvalue weighted by Gasteiger charge is -2.42. The second-order valence-corrected chi connectivity index (χ2v) is 11.3. The van der Waals surface area contributed by atoms with E-state index in [-0.39, 0.29) is 42.7 Å². The lowest BCUT2D eigenvalue weighted by atomic mass is 10.0. The topological polar surface area (TPSA) is 157 Å². The van der Waals surface area contributed by atoms with E-state index >= 15 is 0 Å². The number of rotatable bonds is 9. The third-order valence-electron chi connectivity index (χ3n) is 8.30. The lowest BCUT2D eigenvalue weighted by molar-refractivity contribution is -0.141. The number of amides is 2. The fourth-order valence-electron chi connectivity index (χ4n) is 5.59. The van der Waals surface area contributed by atoms with Crippen LogP contribution in [0.25, 0.3) is 11.4 Å². The first-order chi connectivity index (χ1) is 22.3. The average molecular weight is 629 g/mol. The molecule has 3 aliphatic rings. The number of aromatic nitrogens is 3. The van der Waals surface area contributed by atoms with Crippen LogP contribution >= 0.6 is 0 Å². The molecule has 0 spiro atoms. The summed E-state index contributed by atoms with van der Waals surface area (Å²) in [6.45, 7) is 6.51. The molecule has 3 atom stereocenters. The van der Waals surface area contributed by atoms with Crippen LogP contribution in [0.15, 0.2) is 61.4 Å². The molecule has 2 aromatic carbocycles. The zero-order chi connectivity index (χ0) is 32.2. The molecular weight excluding hydrogens is 595 g/mol. The second-order valence-electron chi connectivity index (χ2n) is 11.3. The van der Waals surface area contributed by atoms with Gasteiger partial charge in [0.05, 0.1) is 37.9 Å². The highest BCUT2D eigenvalue weighted by Gasteiger charge is 2.35. The fourth-order valence-corrected chi connectivity index (χ4v) is 5.59. The van der Waals surface area contributed by atoms with Gasteiger partial charge in [-0.1, -0.05) is 12.7 Å². The zero-order valence-electron chi connectivity index (χ0n) is 25.0. The summed E-state index contributed by atoms with van der Waals surface area (Å²) in [5.41, 5.74) is 2.23. The van der Waals surface area contributed by atoms with Crippen LogP contribution in [0.2, 0.25) is 0 Å². The number of alkyl halides is 1. The van der Waals surface area contributed by atoms with E-state index in [1.54, 1.807) is 23.1 Å². The molecule has 0 bridgehead atoms. The molecular formula is C32H33FN8O5. The normalized spacial score (nSPS) is 21.2. The van der Waals surface area contributed by atoms with E-state index in [0.717, 1.165) is 18.3 Å². The first-order valence-corrected chi connectivity index (χ1v) is 15.0. The summed E-state index contributed by atoms with van der Waals surface area (Å²) in [5, 5.41) is 22.7. The van der Waals surface area contributed by atoms with Crippen LogP contribution in [0, 0.1) is 11.3 Å². The van der Waals surface area contributed by atoms with Crippen molar-refractivity contribution < 1.29 is 28.6 Å². The van der Waals surface area contributed by atoms with E-state index in [9.17, 15) is 24.3 Å². The summed E-state index contributed by atoms with van der Waals surface area (Å²) in [6, 6.07) is 14.6. The average Bonchev–Trinajstić information content (AvgIpc) is 3.05. The highest BCUT2D eigenvalue weighted by molar-refractivity contribution is 5.95. The minimum atomic E-state index is -1.51. The number of anilines is 3. The highest BCUT2D eigenvalue weighted by Crippen LogP contribution is 2.29. The van der Waals surface area contributed by atoms with Crippen molar-refractivity contribution in [1.82, 2.24) is 24.8 Å². The van der Waals surface area contributed by atoms with E-state index in [0.29, 0.717) is 49.4 Å². The predicted octanol–water partition coefficient (Wildman–Crippen LogP) is 2.07. The van der Waals surface area contributed by atoms with Crippen molar-refractivity contribution in [1.29, 1.82) is 5.26 Å².